The van der Waals surface area contributed by atoms with Gasteiger partial charge < -0.3 is 4.90 Å². The van der Waals surface area contributed by atoms with E-state index in [1.807, 2.05) is 39.0 Å². The molecule has 1 aromatic carbocycles. The van der Waals surface area contributed by atoms with Gasteiger partial charge in [0.25, 0.3) is 10.0 Å². The summed E-state index contributed by atoms with van der Waals surface area (Å²) in [5, 5.41) is 0. The topological polar surface area (TPSA) is 62.3 Å². The zero-order chi connectivity index (χ0) is 18.9. The van der Waals surface area contributed by atoms with E-state index in [0.29, 0.717) is 10.6 Å². The van der Waals surface area contributed by atoms with Crippen LogP contribution in [0.5, 0.6) is 0 Å². The van der Waals surface area contributed by atoms with Crippen molar-refractivity contribution in [1.29, 1.82) is 0 Å². The second kappa shape index (κ2) is 7.27. The SMILES string of the molecule is Cc1cc(C)c(S(=O)(=O)Nc2ccc(N3CCC(C)CC3)nc2)c(C)c1. The zero-order valence-corrected chi connectivity index (χ0v) is 16.7. The number of sulfonamides is 1. The van der Waals surface area contributed by atoms with Crippen LogP contribution in [0.2, 0.25) is 0 Å². The number of benzene rings is 1. The Bertz CT molecular complexity index is 861. The molecule has 5 nitrogen and oxygen atoms in total. The summed E-state index contributed by atoms with van der Waals surface area (Å²) < 4.78 is 28.3. The molecule has 0 atom stereocenters. The fourth-order valence-corrected chi connectivity index (χ4v) is 5.17. The standard InChI is InChI=1S/C20H27N3O2S/c1-14-7-9-23(10-8-14)19-6-5-18(13-21-19)22-26(24,25)20-16(3)11-15(2)12-17(20)4/h5-6,11-14,22H,7-10H2,1-4H3. The number of hydrogen-bond donors (Lipinski definition) is 1. The van der Waals surface area contributed by atoms with Crippen LogP contribution in [0.1, 0.15) is 36.5 Å². The third-order valence-electron chi connectivity index (χ3n) is 4.98. The van der Waals surface area contributed by atoms with E-state index in [4.69, 9.17) is 0 Å². The average Bonchev–Trinajstić information content (AvgIpc) is 2.54. The number of nitrogens with one attached hydrogen (secondary N) is 1. The largest absolute Gasteiger partial charge is 0.357 e. The molecule has 0 spiro atoms. The summed E-state index contributed by atoms with van der Waals surface area (Å²) >= 11 is 0. The number of nitrogens with zero attached hydrogens (tertiary/aromatic N) is 2. The smallest absolute Gasteiger partial charge is 0.262 e. The predicted octanol–water partition coefficient (Wildman–Crippen LogP) is 4.04. The van der Waals surface area contributed by atoms with E-state index in [9.17, 15) is 8.42 Å². The molecule has 0 radical (unpaired) electrons. The van der Waals surface area contributed by atoms with Gasteiger partial charge in [-0.25, -0.2) is 13.4 Å². The van der Waals surface area contributed by atoms with Gasteiger partial charge in [0.1, 0.15) is 5.82 Å². The van der Waals surface area contributed by atoms with E-state index in [0.717, 1.165) is 41.5 Å². The highest BCUT2D eigenvalue weighted by Gasteiger charge is 2.21. The lowest BCUT2D eigenvalue weighted by atomic mass is 9.99. The first-order valence-electron chi connectivity index (χ1n) is 9.08. The van der Waals surface area contributed by atoms with Crippen molar-refractivity contribution in [2.24, 2.45) is 5.92 Å². The van der Waals surface area contributed by atoms with Gasteiger partial charge in [-0.15, -0.1) is 0 Å². The van der Waals surface area contributed by atoms with Crippen LogP contribution in [0.25, 0.3) is 0 Å². The molecule has 0 amide bonds. The predicted molar refractivity (Wildman–Crippen MR) is 106 cm³/mol. The Morgan fingerprint density at radius 3 is 2.23 bits per heavy atom. The quantitative estimate of drug-likeness (QED) is 0.878. The fraction of sp³-hybridized carbons (Fsp3) is 0.450. The summed E-state index contributed by atoms with van der Waals surface area (Å²) in [7, 11) is -3.64. The van der Waals surface area contributed by atoms with Gasteiger partial charge in [-0.3, -0.25) is 4.72 Å². The molecule has 0 saturated carbocycles. The van der Waals surface area contributed by atoms with Crippen molar-refractivity contribution in [3.05, 3.63) is 47.2 Å². The van der Waals surface area contributed by atoms with Crippen LogP contribution in [0, 0.1) is 26.7 Å². The Kier molecular flexibility index (Phi) is 5.23. The van der Waals surface area contributed by atoms with Crippen molar-refractivity contribution < 1.29 is 8.42 Å². The molecule has 1 saturated heterocycles. The molecular weight excluding hydrogens is 346 g/mol. The third kappa shape index (κ3) is 4.01. The minimum absolute atomic E-state index is 0.345. The van der Waals surface area contributed by atoms with Gasteiger partial charge >= 0.3 is 0 Å². The molecule has 0 aliphatic carbocycles. The number of aromatic nitrogens is 1. The van der Waals surface area contributed by atoms with Gasteiger partial charge in [0.2, 0.25) is 0 Å². The maximum absolute atomic E-state index is 12.8. The van der Waals surface area contributed by atoms with Crippen LogP contribution < -0.4 is 9.62 Å². The molecule has 1 aliphatic heterocycles. The Balaban J connectivity index is 1.78. The number of hydrogen-bond acceptors (Lipinski definition) is 4. The molecule has 2 heterocycles. The molecule has 3 rings (SSSR count). The van der Waals surface area contributed by atoms with Gasteiger partial charge in [0.15, 0.2) is 0 Å². The lowest BCUT2D eigenvalue weighted by Gasteiger charge is -2.31. The summed E-state index contributed by atoms with van der Waals surface area (Å²) in [5.74, 6) is 1.67. The van der Waals surface area contributed by atoms with E-state index in [-0.39, 0.29) is 0 Å². The molecular formula is C20H27N3O2S. The molecule has 1 aromatic heterocycles. The maximum Gasteiger partial charge on any atom is 0.262 e. The summed E-state index contributed by atoms with van der Waals surface area (Å²) in [5.41, 5.74) is 3.04. The minimum atomic E-state index is -3.64. The number of aryl methyl sites for hydroxylation is 3. The lowest BCUT2D eigenvalue weighted by Crippen LogP contribution is -2.33. The summed E-state index contributed by atoms with van der Waals surface area (Å²) in [6.07, 6.45) is 3.94. The van der Waals surface area contributed by atoms with Crippen LogP contribution in [0.4, 0.5) is 11.5 Å². The van der Waals surface area contributed by atoms with Crippen molar-refractivity contribution in [2.75, 3.05) is 22.7 Å². The monoisotopic (exact) mass is 373 g/mol. The second-order valence-electron chi connectivity index (χ2n) is 7.41. The normalized spacial score (nSPS) is 15.9. The summed E-state index contributed by atoms with van der Waals surface area (Å²) in [6, 6.07) is 7.46. The lowest BCUT2D eigenvalue weighted by molar-refractivity contribution is 0.436. The molecule has 1 N–H and O–H groups in total. The first-order chi connectivity index (χ1) is 12.3. The Morgan fingerprint density at radius 2 is 1.69 bits per heavy atom. The molecule has 6 heteroatoms. The van der Waals surface area contributed by atoms with E-state index in [1.165, 1.54) is 12.8 Å². The third-order valence-corrected chi connectivity index (χ3v) is 6.67. The van der Waals surface area contributed by atoms with E-state index < -0.39 is 10.0 Å². The molecule has 0 unspecified atom stereocenters. The highest BCUT2D eigenvalue weighted by atomic mass is 32.2. The zero-order valence-electron chi connectivity index (χ0n) is 15.9. The summed E-state index contributed by atoms with van der Waals surface area (Å²) in [4.78, 5) is 7.06. The van der Waals surface area contributed by atoms with E-state index in [1.54, 1.807) is 12.3 Å². The number of piperidine rings is 1. The van der Waals surface area contributed by atoms with Gasteiger partial charge in [0, 0.05) is 13.1 Å². The van der Waals surface area contributed by atoms with E-state index >= 15 is 0 Å². The van der Waals surface area contributed by atoms with Crippen LogP contribution >= 0.6 is 0 Å². The van der Waals surface area contributed by atoms with Crippen molar-refractivity contribution in [3.63, 3.8) is 0 Å². The number of rotatable bonds is 4. The molecule has 0 bridgehead atoms. The maximum atomic E-state index is 12.8. The first kappa shape index (κ1) is 18.7. The van der Waals surface area contributed by atoms with Crippen LogP contribution in [0.3, 0.4) is 0 Å². The van der Waals surface area contributed by atoms with Gasteiger partial charge in [0.05, 0.1) is 16.8 Å². The van der Waals surface area contributed by atoms with Crippen LogP contribution in [0.15, 0.2) is 35.4 Å². The first-order valence-corrected chi connectivity index (χ1v) is 10.6. The van der Waals surface area contributed by atoms with Crippen molar-refractivity contribution in [1.82, 2.24) is 4.98 Å². The Hall–Kier alpha value is -2.08. The minimum Gasteiger partial charge on any atom is -0.357 e. The molecule has 140 valence electrons. The van der Waals surface area contributed by atoms with Gasteiger partial charge in [-0.1, -0.05) is 24.6 Å². The molecule has 2 aromatic rings. The molecule has 26 heavy (non-hydrogen) atoms. The number of pyridine rings is 1. The van der Waals surface area contributed by atoms with Crippen LogP contribution in [-0.2, 0) is 10.0 Å². The summed E-state index contributed by atoms with van der Waals surface area (Å²) in [6.45, 7) is 9.90. The average molecular weight is 374 g/mol. The van der Waals surface area contributed by atoms with Gasteiger partial charge in [-0.05, 0) is 62.8 Å². The van der Waals surface area contributed by atoms with Crippen LogP contribution in [-0.4, -0.2) is 26.5 Å². The molecule has 1 aliphatic rings. The number of anilines is 2. The van der Waals surface area contributed by atoms with Crippen molar-refractivity contribution >= 4 is 21.5 Å². The second-order valence-corrected chi connectivity index (χ2v) is 9.03. The Labute approximate surface area is 156 Å². The van der Waals surface area contributed by atoms with Crippen molar-refractivity contribution in [2.45, 2.75) is 45.4 Å². The van der Waals surface area contributed by atoms with Gasteiger partial charge in [-0.2, -0.15) is 0 Å². The fourth-order valence-electron chi connectivity index (χ4n) is 3.67. The Morgan fingerprint density at radius 1 is 1.08 bits per heavy atom. The highest BCUT2D eigenvalue weighted by molar-refractivity contribution is 7.92. The van der Waals surface area contributed by atoms with E-state index in [2.05, 4.69) is 21.5 Å². The van der Waals surface area contributed by atoms with Crippen molar-refractivity contribution in [3.8, 4) is 0 Å². The molecule has 1 fully saturated rings. The highest BCUT2D eigenvalue weighted by Crippen LogP contribution is 2.26.